The van der Waals surface area contributed by atoms with E-state index in [1.54, 1.807) is 6.92 Å². The number of hydrogen-bond donors (Lipinski definition) is 0. The van der Waals surface area contributed by atoms with Gasteiger partial charge in [0.15, 0.2) is 0 Å². The number of benzene rings is 1. The first-order valence-corrected chi connectivity index (χ1v) is 5.44. The van der Waals surface area contributed by atoms with Crippen LogP contribution >= 0.6 is 0 Å². The smallest absolute Gasteiger partial charge is 0.360 e. The Labute approximate surface area is 102 Å². The van der Waals surface area contributed by atoms with Gasteiger partial charge in [-0.3, -0.25) is 4.79 Å². The highest BCUT2D eigenvalue weighted by Crippen LogP contribution is 2.25. The van der Waals surface area contributed by atoms with E-state index in [0.717, 1.165) is 11.0 Å². The summed E-state index contributed by atoms with van der Waals surface area (Å²) in [5.41, 5.74) is -0.0421. The molecule has 0 aliphatic heterocycles. The zero-order chi connectivity index (χ0) is 13.8. The number of nitrogens with zero attached hydrogens (tertiary/aromatic N) is 1. The molecule has 18 heavy (non-hydrogen) atoms. The van der Waals surface area contributed by atoms with Crippen LogP contribution in [0.5, 0.6) is 0 Å². The molecule has 1 aromatic rings. The van der Waals surface area contributed by atoms with Crippen molar-refractivity contribution >= 4 is 12.0 Å². The number of rotatable bonds is 5. The summed E-state index contributed by atoms with van der Waals surface area (Å²) in [6.45, 7) is 0.593. The Hall–Kier alpha value is -1.59. The minimum Gasteiger partial charge on any atom is -0.360 e. The number of hydrogen-bond acceptors (Lipinski definition) is 2. The van der Waals surface area contributed by atoms with Gasteiger partial charge in [0.1, 0.15) is 18.6 Å². The second-order valence-electron chi connectivity index (χ2n) is 3.87. The van der Waals surface area contributed by atoms with Crippen LogP contribution in [0.2, 0.25) is 0 Å². The molecule has 0 amide bonds. The topological polar surface area (TPSA) is 20.3 Å². The number of aldehydes is 1. The molecule has 0 aliphatic rings. The molecule has 0 radical (unpaired) electrons. The Balaban J connectivity index is 3.01. The molecule has 1 rings (SSSR count). The van der Waals surface area contributed by atoms with E-state index in [2.05, 4.69) is 0 Å². The van der Waals surface area contributed by atoms with Crippen molar-refractivity contribution in [3.8, 4) is 0 Å². The van der Waals surface area contributed by atoms with E-state index in [1.165, 1.54) is 12.1 Å². The van der Waals surface area contributed by atoms with Gasteiger partial charge < -0.3 is 4.90 Å². The average Bonchev–Trinajstić information content (AvgIpc) is 2.26. The molecule has 1 aromatic carbocycles. The van der Waals surface area contributed by atoms with Crippen LogP contribution in [-0.4, -0.2) is 25.6 Å². The van der Waals surface area contributed by atoms with Gasteiger partial charge in [0, 0.05) is 12.1 Å². The maximum absolute atomic E-state index is 13.6. The van der Waals surface area contributed by atoms with Crippen molar-refractivity contribution in [2.24, 2.45) is 0 Å². The van der Waals surface area contributed by atoms with Crippen LogP contribution in [0.1, 0.15) is 23.7 Å². The summed E-state index contributed by atoms with van der Waals surface area (Å²) in [6, 6.07) is 3.42. The average molecular weight is 263 g/mol. The lowest BCUT2D eigenvalue weighted by atomic mass is 10.2. The molecule has 0 spiro atoms. The van der Waals surface area contributed by atoms with E-state index in [9.17, 15) is 22.4 Å². The molecule has 0 saturated carbocycles. The van der Waals surface area contributed by atoms with Crippen LogP contribution in [0.15, 0.2) is 18.2 Å². The standard InChI is InChI=1S/C12H13F4NO/c1-2-5-17(8-12(14,15)16)11-4-3-9(7-18)6-10(11)13/h3-4,6-7H,2,5,8H2,1H3. The van der Waals surface area contributed by atoms with Crippen molar-refractivity contribution in [2.45, 2.75) is 19.5 Å². The number of anilines is 1. The predicted octanol–water partition coefficient (Wildman–Crippen LogP) is 3.42. The molecule has 0 heterocycles. The molecule has 2 nitrogen and oxygen atoms in total. The van der Waals surface area contributed by atoms with Crippen molar-refractivity contribution in [1.29, 1.82) is 0 Å². The van der Waals surface area contributed by atoms with Gasteiger partial charge in [0.05, 0.1) is 5.69 Å². The number of carbonyl (C=O) groups excluding carboxylic acids is 1. The lowest BCUT2D eigenvalue weighted by molar-refractivity contribution is -0.119. The first-order chi connectivity index (χ1) is 8.37. The molecular weight excluding hydrogens is 250 g/mol. The third-order valence-electron chi connectivity index (χ3n) is 2.31. The molecule has 0 aromatic heterocycles. The Bertz CT molecular complexity index is 417. The second-order valence-corrected chi connectivity index (χ2v) is 3.87. The third-order valence-corrected chi connectivity index (χ3v) is 2.31. The van der Waals surface area contributed by atoms with Crippen LogP contribution in [0.3, 0.4) is 0 Å². The van der Waals surface area contributed by atoms with Gasteiger partial charge in [-0.15, -0.1) is 0 Å². The van der Waals surface area contributed by atoms with E-state index >= 15 is 0 Å². The lowest BCUT2D eigenvalue weighted by Crippen LogP contribution is -2.35. The third kappa shape index (κ3) is 4.01. The molecule has 0 atom stereocenters. The van der Waals surface area contributed by atoms with Crippen molar-refractivity contribution in [3.63, 3.8) is 0 Å². The number of alkyl halides is 3. The summed E-state index contributed by atoms with van der Waals surface area (Å²) in [7, 11) is 0. The van der Waals surface area contributed by atoms with Gasteiger partial charge in [-0.25, -0.2) is 4.39 Å². The lowest BCUT2D eigenvalue weighted by Gasteiger charge is -2.25. The van der Waals surface area contributed by atoms with Crippen molar-refractivity contribution in [3.05, 3.63) is 29.6 Å². The van der Waals surface area contributed by atoms with Crippen molar-refractivity contribution < 1.29 is 22.4 Å². The van der Waals surface area contributed by atoms with Gasteiger partial charge in [0.2, 0.25) is 0 Å². The predicted molar refractivity (Wildman–Crippen MR) is 60.3 cm³/mol. The highest BCUT2D eigenvalue weighted by atomic mass is 19.4. The van der Waals surface area contributed by atoms with Crippen molar-refractivity contribution in [1.82, 2.24) is 0 Å². The van der Waals surface area contributed by atoms with Gasteiger partial charge in [-0.05, 0) is 24.6 Å². The Morgan fingerprint density at radius 3 is 2.44 bits per heavy atom. The molecule has 0 unspecified atom stereocenters. The fourth-order valence-corrected chi connectivity index (χ4v) is 1.62. The van der Waals surface area contributed by atoms with Gasteiger partial charge in [-0.1, -0.05) is 6.92 Å². The summed E-state index contributed by atoms with van der Waals surface area (Å²) in [6.07, 6.45) is -3.49. The summed E-state index contributed by atoms with van der Waals surface area (Å²) < 4.78 is 50.7. The normalized spacial score (nSPS) is 11.4. The largest absolute Gasteiger partial charge is 0.405 e. The maximum atomic E-state index is 13.6. The number of halogens is 4. The van der Waals surface area contributed by atoms with Gasteiger partial charge in [0.25, 0.3) is 0 Å². The van der Waals surface area contributed by atoms with E-state index in [-0.39, 0.29) is 17.8 Å². The van der Waals surface area contributed by atoms with Crippen molar-refractivity contribution in [2.75, 3.05) is 18.0 Å². The van der Waals surface area contributed by atoms with E-state index in [4.69, 9.17) is 0 Å². The summed E-state index contributed by atoms with van der Waals surface area (Å²) in [5.74, 6) is -0.822. The monoisotopic (exact) mass is 263 g/mol. The van der Waals surface area contributed by atoms with Crippen LogP contribution in [0, 0.1) is 5.82 Å². The maximum Gasteiger partial charge on any atom is 0.405 e. The first-order valence-electron chi connectivity index (χ1n) is 5.44. The SMILES string of the molecule is CCCN(CC(F)(F)F)c1ccc(C=O)cc1F. The second kappa shape index (κ2) is 5.84. The van der Waals surface area contributed by atoms with E-state index in [0.29, 0.717) is 12.7 Å². The Morgan fingerprint density at radius 1 is 1.33 bits per heavy atom. The zero-order valence-corrected chi connectivity index (χ0v) is 9.80. The summed E-state index contributed by atoms with van der Waals surface area (Å²) in [4.78, 5) is 11.4. The molecular formula is C12H13F4NO. The zero-order valence-electron chi connectivity index (χ0n) is 9.80. The number of carbonyl (C=O) groups is 1. The summed E-state index contributed by atoms with van der Waals surface area (Å²) >= 11 is 0. The van der Waals surface area contributed by atoms with Crippen LogP contribution < -0.4 is 4.90 Å². The first kappa shape index (κ1) is 14.5. The fourth-order valence-electron chi connectivity index (χ4n) is 1.62. The highest BCUT2D eigenvalue weighted by Gasteiger charge is 2.31. The van der Waals surface area contributed by atoms with Crippen LogP contribution in [0.4, 0.5) is 23.2 Å². The van der Waals surface area contributed by atoms with Crippen LogP contribution in [-0.2, 0) is 0 Å². The van der Waals surface area contributed by atoms with Crippen LogP contribution in [0.25, 0.3) is 0 Å². The van der Waals surface area contributed by atoms with Gasteiger partial charge >= 0.3 is 6.18 Å². The van der Waals surface area contributed by atoms with Gasteiger partial charge in [-0.2, -0.15) is 13.2 Å². The molecule has 6 heteroatoms. The molecule has 0 aliphatic carbocycles. The quantitative estimate of drug-likeness (QED) is 0.599. The Morgan fingerprint density at radius 2 is 2.00 bits per heavy atom. The minimum absolute atomic E-state index is 0.0941. The molecule has 0 saturated heterocycles. The van der Waals surface area contributed by atoms with E-state index < -0.39 is 18.5 Å². The molecule has 0 N–H and O–H groups in total. The molecule has 0 bridgehead atoms. The van der Waals surface area contributed by atoms with E-state index in [1.807, 2.05) is 0 Å². The Kier molecular flexibility index (Phi) is 4.69. The summed E-state index contributed by atoms with van der Waals surface area (Å²) in [5, 5.41) is 0. The highest BCUT2D eigenvalue weighted by molar-refractivity contribution is 5.76. The molecule has 100 valence electrons. The minimum atomic E-state index is -4.40. The fraction of sp³-hybridized carbons (Fsp3) is 0.417. The molecule has 0 fully saturated rings.